The quantitative estimate of drug-likeness (QED) is 0.174. The highest BCUT2D eigenvalue weighted by molar-refractivity contribution is 7.88. The maximum Gasteiger partial charge on any atom is 0.325 e. The van der Waals surface area contributed by atoms with Crippen LogP contribution in [-0.2, 0) is 14.9 Å². The predicted molar refractivity (Wildman–Crippen MR) is 127 cm³/mol. The number of nitro benzene ring substituents is 1. The summed E-state index contributed by atoms with van der Waals surface area (Å²) < 4.78 is 35.3. The van der Waals surface area contributed by atoms with Crippen LogP contribution in [0.1, 0.15) is 24.0 Å². The van der Waals surface area contributed by atoms with E-state index in [-0.39, 0.29) is 43.1 Å². The monoisotopic (exact) mass is 493 g/mol. The summed E-state index contributed by atoms with van der Waals surface area (Å²) in [6.07, 6.45) is 0. The summed E-state index contributed by atoms with van der Waals surface area (Å²) in [4.78, 5) is 10.5. The van der Waals surface area contributed by atoms with Gasteiger partial charge in [0.1, 0.15) is 0 Å². The number of benzene rings is 2. The Kier molecular flexibility index (Phi) is 8.14. The van der Waals surface area contributed by atoms with Gasteiger partial charge in [-0.3, -0.25) is 10.1 Å². The molecule has 0 spiro atoms. The zero-order chi connectivity index (χ0) is 24.0. The number of halogens is 1. The van der Waals surface area contributed by atoms with Crippen LogP contribution in [0.2, 0.25) is 0 Å². The van der Waals surface area contributed by atoms with Crippen LogP contribution in [0.5, 0.6) is 0 Å². The molecule has 33 heavy (non-hydrogen) atoms. The molecule has 1 atom stereocenters. The van der Waals surface area contributed by atoms with E-state index in [4.69, 9.17) is 16.3 Å². The molecule has 3 rings (SSSR count). The van der Waals surface area contributed by atoms with Gasteiger partial charge in [-0.05, 0) is 34.9 Å². The van der Waals surface area contributed by atoms with E-state index in [1.807, 2.05) is 30.3 Å². The van der Waals surface area contributed by atoms with Crippen LogP contribution in [0.3, 0.4) is 0 Å². The Balaban J connectivity index is 1.95. The molecule has 0 saturated carbocycles. The van der Waals surface area contributed by atoms with Crippen molar-refractivity contribution in [3.05, 3.63) is 75.8 Å². The second kappa shape index (κ2) is 10.8. The van der Waals surface area contributed by atoms with Crippen molar-refractivity contribution in [3.63, 3.8) is 0 Å². The molecule has 0 saturated heterocycles. The van der Waals surface area contributed by atoms with Gasteiger partial charge in [0.05, 0.1) is 23.8 Å². The van der Waals surface area contributed by atoms with Crippen LogP contribution >= 0.6 is 11.6 Å². The maximum atomic E-state index is 12.7. The normalized spacial score (nSPS) is 16.8. The zero-order valence-electron chi connectivity index (χ0n) is 18.2. The van der Waals surface area contributed by atoms with Gasteiger partial charge < -0.3 is 4.74 Å². The second-order valence-electron chi connectivity index (χ2n) is 7.16. The lowest BCUT2D eigenvalue weighted by molar-refractivity contribution is -0.384. The number of hydrazone groups is 1. The van der Waals surface area contributed by atoms with E-state index in [2.05, 4.69) is 9.50 Å². The van der Waals surface area contributed by atoms with Gasteiger partial charge in [0, 0.05) is 38.2 Å². The zero-order valence-corrected chi connectivity index (χ0v) is 19.7. The first-order chi connectivity index (χ1) is 15.8. The van der Waals surface area contributed by atoms with Crippen LogP contribution in [0, 0.1) is 10.1 Å². The number of hydrogen-bond donors (Lipinski definition) is 0. The molecule has 0 aliphatic carbocycles. The Hall–Kier alpha value is -2.86. The van der Waals surface area contributed by atoms with Gasteiger partial charge in [-0.1, -0.05) is 37.3 Å². The molecule has 1 heterocycles. The van der Waals surface area contributed by atoms with E-state index >= 15 is 0 Å². The number of amidine groups is 1. The van der Waals surface area contributed by atoms with Crippen molar-refractivity contribution in [1.82, 2.24) is 9.31 Å². The predicted octanol–water partition coefficient (Wildman–Crippen LogP) is 3.21. The van der Waals surface area contributed by atoms with Gasteiger partial charge in [-0.25, -0.2) is 5.01 Å². The van der Waals surface area contributed by atoms with Crippen molar-refractivity contribution in [3.8, 4) is 0 Å². The third-order valence-corrected chi connectivity index (χ3v) is 6.99. The number of methoxy groups -OCH3 is 1. The Morgan fingerprint density at radius 1 is 1.27 bits per heavy atom. The summed E-state index contributed by atoms with van der Waals surface area (Å²) in [5.41, 5.74) is 2.18. The number of nitrogens with zero attached hydrogens (tertiary/aromatic N) is 5. The van der Waals surface area contributed by atoms with Gasteiger partial charge in [-0.2, -0.15) is 17.8 Å². The third kappa shape index (κ3) is 5.93. The molecule has 2 aromatic carbocycles. The van der Waals surface area contributed by atoms with Crippen LogP contribution in [0.4, 0.5) is 5.69 Å². The number of ether oxygens (including phenoxy) is 1. The summed E-state index contributed by atoms with van der Waals surface area (Å²) in [6.45, 7) is 2.54. The molecule has 10 nitrogen and oxygen atoms in total. The molecule has 0 radical (unpaired) electrons. The smallest absolute Gasteiger partial charge is 0.325 e. The average Bonchev–Trinajstić information content (AvgIpc) is 3.25. The largest absolute Gasteiger partial charge is 0.383 e. The van der Waals surface area contributed by atoms with E-state index in [0.29, 0.717) is 11.3 Å². The van der Waals surface area contributed by atoms with Gasteiger partial charge in [0.15, 0.2) is 0 Å². The first kappa shape index (κ1) is 24.8. The highest BCUT2D eigenvalue weighted by Gasteiger charge is 2.32. The van der Waals surface area contributed by atoms with Crippen molar-refractivity contribution in [2.45, 2.75) is 12.8 Å². The molecule has 0 amide bonds. The third-order valence-electron chi connectivity index (χ3n) is 5.12. The number of likely N-dealkylation sites (N-methyl/N-ethyl adjacent to an activating group) is 1. The molecule has 12 heteroatoms. The molecule has 0 bridgehead atoms. The molecular weight excluding hydrogens is 470 g/mol. The van der Waals surface area contributed by atoms with E-state index in [1.165, 1.54) is 24.3 Å². The molecule has 2 aromatic rings. The van der Waals surface area contributed by atoms with Crippen molar-refractivity contribution >= 4 is 38.5 Å². The molecule has 1 aliphatic heterocycles. The van der Waals surface area contributed by atoms with Crippen LogP contribution in [0.25, 0.3) is 0 Å². The Bertz CT molecular complexity index is 1140. The lowest BCUT2D eigenvalue weighted by Crippen LogP contribution is -2.34. The first-order valence-electron chi connectivity index (χ1n) is 10.2. The SMILES string of the molecule is CCN(CCOC)S(=O)(=O)/N=C(\Cl)N1CC(c2ccccc2)C(c2ccc([N+](=O)[O-])cc2)=N1. The van der Waals surface area contributed by atoms with Gasteiger partial charge in [0.25, 0.3) is 5.69 Å². The molecule has 0 aromatic heterocycles. The van der Waals surface area contributed by atoms with Crippen LogP contribution in [0.15, 0.2) is 64.1 Å². The fourth-order valence-electron chi connectivity index (χ4n) is 3.41. The van der Waals surface area contributed by atoms with Crippen molar-refractivity contribution in [2.24, 2.45) is 9.50 Å². The molecule has 0 fully saturated rings. The lowest BCUT2D eigenvalue weighted by Gasteiger charge is -2.18. The molecule has 1 unspecified atom stereocenters. The minimum absolute atomic E-state index is 0.0353. The van der Waals surface area contributed by atoms with Crippen LogP contribution in [-0.4, -0.2) is 67.0 Å². The summed E-state index contributed by atoms with van der Waals surface area (Å²) in [6, 6.07) is 15.6. The summed E-state index contributed by atoms with van der Waals surface area (Å²) in [7, 11) is -2.55. The van der Waals surface area contributed by atoms with E-state index in [0.717, 1.165) is 9.87 Å². The Labute approximate surface area is 197 Å². The molecular formula is C21H24ClN5O5S. The fourth-order valence-corrected chi connectivity index (χ4v) is 4.81. The lowest BCUT2D eigenvalue weighted by atomic mass is 9.90. The van der Waals surface area contributed by atoms with Gasteiger partial charge in [0.2, 0.25) is 5.29 Å². The second-order valence-corrected chi connectivity index (χ2v) is 9.09. The van der Waals surface area contributed by atoms with E-state index < -0.39 is 15.1 Å². The highest BCUT2D eigenvalue weighted by atomic mass is 35.5. The van der Waals surface area contributed by atoms with Gasteiger partial charge in [-0.15, -0.1) is 4.40 Å². The highest BCUT2D eigenvalue weighted by Crippen LogP contribution is 2.30. The summed E-state index contributed by atoms with van der Waals surface area (Å²) in [5, 5.41) is 16.6. The van der Waals surface area contributed by atoms with Crippen molar-refractivity contribution < 1.29 is 18.1 Å². The standard InChI is InChI=1S/C21H24ClN5O5S/c1-3-25(13-14-32-2)33(30,31)24-21(22)26-15-19(16-7-5-4-6-8-16)20(23-26)17-9-11-18(12-10-17)27(28)29/h4-12,19H,3,13-15H2,1-2H3/b24-21+. The minimum atomic E-state index is -4.04. The van der Waals surface area contributed by atoms with Gasteiger partial charge >= 0.3 is 10.2 Å². The van der Waals surface area contributed by atoms with E-state index in [9.17, 15) is 18.5 Å². The minimum Gasteiger partial charge on any atom is -0.383 e. The van der Waals surface area contributed by atoms with Crippen molar-refractivity contribution in [1.29, 1.82) is 0 Å². The average molecular weight is 494 g/mol. The first-order valence-corrected chi connectivity index (χ1v) is 11.9. The number of non-ortho nitro benzene ring substituents is 1. The van der Waals surface area contributed by atoms with Crippen molar-refractivity contribution in [2.75, 3.05) is 33.4 Å². The fraction of sp³-hybridized carbons (Fsp3) is 0.333. The Morgan fingerprint density at radius 2 is 1.94 bits per heavy atom. The summed E-state index contributed by atoms with van der Waals surface area (Å²) in [5.74, 6) is -0.241. The number of rotatable bonds is 9. The number of nitro groups is 1. The number of hydrogen-bond acceptors (Lipinski definition) is 6. The summed E-state index contributed by atoms with van der Waals surface area (Å²) >= 11 is 6.32. The molecule has 0 N–H and O–H groups in total. The topological polar surface area (TPSA) is 118 Å². The van der Waals surface area contributed by atoms with E-state index in [1.54, 1.807) is 19.1 Å². The maximum absolute atomic E-state index is 12.7. The molecule has 176 valence electrons. The Morgan fingerprint density at radius 3 is 2.52 bits per heavy atom. The molecule has 1 aliphatic rings. The van der Waals surface area contributed by atoms with Crippen LogP contribution < -0.4 is 0 Å².